The SMILES string of the molecule is NCC[N+]1(CCN)CCNCC1. The molecule has 4 nitrogen and oxygen atoms in total. The van der Waals surface area contributed by atoms with Crippen LogP contribution in [0.4, 0.5) is 0 Å². The fraction of sp³-hybridized carbons (Fsp3) is 1.00. The van der Waals surface area contributed by atoms with Gasteiger partial charge in [-0.2, -0.15) is 0 Å². The van der Waals surface area contributed by atoms with Gasteiger partial charge in [0.2, 0.25) is 0 Å². The molecule has 0 bridgehead atoms. The monoisotopic (exact) mass is 173 g/mol. The Morgan fingerprint density at radius 1 is 1.00 bits per heavy atom. The van der Waals surface area contributed by atoms with Crippen molar-refractivity contribution in [3.63, 3.8) is 0 Å². The Labute approximate surface area is 74.5 Å². The van der Waals surface area contributed by atoms with Crippen LogP contribution in [0.5, 0.6) is 0 Å². The van der Waals surface area contributed by atoms with Crippen LogP contribution >= 0.6 is 0 Å². The number of quaternary nitrogens is 1. The number of piperazine rings is 1. The summed E-state index contributed by atoms with van der Waals surface area (Å²) < 4.78 is 1.12. The maximum atomic E-state index is 5.60. The summed E-state index contributed by atoms with van der Waals surface area (Å²) in [5.74, 6) is 0. The van der Waals surface area contributed by atoms with Crippen molar-refractivity contribution in [2.45, 2.75) is 0 Å². The van der Waals surface area contributed by atoms with E-state index >= 15 is 0 Å². The molecule has 0 saturated carbocycles. The Morgan fingerprint density at radius 2 is 1.50 bits per heavy atom. The first kappa shape index (κ1) is 9.92. The molecule has 1 saturated heterocycles. The highest BCUT2D eigenvalue weighted by Gasteiger charge is 2.27. The van der Waals surface area contributed by atoms with Crippen LogP contribution in [0, 0.1) is 0 Å². The Kier molecular flexibility index (Phi) is 3.94. The molecule has 0 aromatic carbocycles. The van der Waals surface area contributed by atoms with Crippen LogP contribution < -0.4 is 16.8 Å². The summed E-state index contributed by atoms with van der Waals surface area (Å²) in [4.78, 5) is 0. The molecular formula is C8H21N4+. The molecule has 0 atom stereocenters. The van der Waals surface area contributed by atoms with Crippen molar-refractivity contribution in [2.75, 3.05) is 52.4 Å². The maximum Gasteiger partial charge on any atom is 0.0914 e. The number of hydrogen-bond donors (Lipinski definition) is 3. The van der Waals surface area contributed by atoms with Crippen molar-refractivity contribution >= 4 is 0 Å². The van der Waals surface area contributed by atoms with Gasteiger partial charge >= 0.3 is 0 Å². The molecule has 0 unspecified atom stereocenters. The van der Waals surface area contributed by atoms with Crippen molar-refractivity contribution in [1.29, 1.82) is 0 Å². The lowest BCUT2D eigenvalue weighted by Gasteiger charge is -2.41. The second-order valence-electron chi connectivity index (χ2n) is 3.56. The van der Waals surface area contributed by atoms with E-state index in [0.29, 0.717) is 0 Å². The van der Waals surface area contributed by atoms with E-state index < -0.39 is 0 Å². The highest BCUT2D eigenvalue weighted by Crippen LogP contribution is 2.06. The molecule has 12 heavy (non-hydrogen) atoms. The maximum absolute atomic E-state index is 5.60. The van der Waals surface area contributed by atoms with Gasteiger partial charge in [0, 0.05) is 26.2 Å². The molecule has 0 amide bonds. The summed E-state index contributed by atoms with van der Waals surface area (Å²) in [5, 5.41) is 3.36. The van der Waals surface area contributed by atoms with Gasteiger partial charge in [-0.05, 0) is 0 Å². The molecule has 1 heterocycles. The Balaban J connectivity index is 2.44. The zero-order chi connectivity index (χ0) is 8.86. The van der Waals surface area contributed by atoms with Gasteiger partial charge in [-0.1, -0.05) is 0 Å². The first-order valence-electron chi connectivity index (χ1n) is 4.79. The van der Waals surface area contributed by atoms with E-state index in [-0.39, 0.29) is 0 Å². The summed E-state index contributed by atoms with van der Waals surface area (Å²) in [5.41, 5.74) is 11.2. The van der Waals surface area contributed by atoms with E-state index in [9.17, 15) is 0 Å². The predicted molar refractivity (Wildman–Crippen MR) is 50.7 cm³/mol. The molecule has 1 rings (SSSR count). The van der Waals surface area contributed by atoms with Gasteiger partial charge in [-0.3, -0.25) is 0 Å². The van der Waals surface area contributed by atoms with Gasteiger partial charge in [0.1, 0.15) is 0 Å². The summed E-state index contributed by atoms with van der Waals surface area (Å²) in [6.07, 6.45) is 0. The van der Waals surface area contributed by atoms with E-state index in [1.165, 1.54) is 13.1 Å². The molecule has 4 heteroatoms. The first-order valence-corrected chi connectivity index (χ1v) is 4.79. The van der Waals surface area contributed by atoms with Crippen LogP contribution in [0.2, 0.25) is 0 Å². The minimum atomic E-state index is 0.778. The second-order valence-corrected chi connectivity index (χ2v) is 3.56. The highest BCUT2D eigenvalue weighted by molar-refractivity contribution is 4.58. The number of nitrogens with two attached hydrogens (primary N) is 2. The van der Waals surface area contributed by atoms with Crippen molar-refractivity contribution in [2.24, 2.45) is 11.5 Å². The van der Waals surface area contributed by atoms with Crippen LogP contribution in [0.25, 0.3) is 0 Å². The van der Waals surface area contributed by atoms with Gasteiger partial charge in [0.25, 0.3) is 0 Å². The number of nitrogens with one attached hydrogen (secondary N) is 1. The fourth-order valence-corrected chi connectivity index (χ4v) is 1.98. The largest absolute Gasteiger partial charge is 0.326 e. The first-order chi connectivity index (χ1) is 5.83. The molecular weight excluding hydrogens is 152 g/mol. The predicted octanol–water partition coefficient (Wildman–Crippen LogP) is -1.68. The van der Waals surface area contributed by atoms with Crippen molar-refractivity contribution in [3.05, 3.63) is 0 Å². The third kappa shape index (κ3) is 2.42. The average Bonchev–Trinajstić information content (AvgIpc) is 2.07. The molecule has 1 aliphatic heterocycles. The Morgan fingerprint density at radius 3 is 1.92 bits per heavy atom. The number of nitrogens with zero attached hydrogens (tertiary/aromatic N) is 1. The zero-order valence-corrected chi connectivity index (χ0v) is 7.76. The Hall–Kier alpha value is -0.160. The summed E-state index contributed by atoms with van der Waals surface area (Å²) in [6.45, 7) is 8.32. The van der Waals surface area contributed by atoms with Crippen LogP contribution in [0.3, 0.4) is 0 Å². The number of rotatable bonds is 4. The third-order valence-corrected chi connectivity index (χ3v) is 2.73. The lowest BCUT2D eigenvalue weighted by atomic mass is 10.2. The topological polar surface area (TPSA) is 64.1 Å². The van der Waals surface area contributed by atoms with Gasteiger partial charge in [0.05, 0.1) is 26.2 Å². The molecule has 5 N–H and O–H groups in total. The van der Waals surface area contributed by atoms with Crippen molar-refractivity contribution in [3.8, 4) is 0 Å². The van der Waals surface area contributed by atoms with Crippen LogP contribution in [-0.4, -0.2) is 56.8 Å². The normalized spacial score (nSPS) is 22.5. The Bertz CT molecular complexity index is 105. The average molecular weight is 173 g/mol. The molecule has 1 aliphatic rings. The van der Waals surface area contributed by atoms with Gasteiger partial charge in [0.15, 0.2) is 0 Å². The molecule has 1 fully saturated rings. The van der Waals surface area contributed by atoms with E-state index in [1.807, 2.05) is 0 Å². The molecule has 0 aliphatic carbocycles. The van der Waals surface area contributed by atoms with E-state index in [2.05, 4.69) is 5.32 Å². The lowest BCUT2D eigenvalue weighted by molar-refractivity contribution is -0.927. The molecule has 0 radical (unpaired) electrons. The van der Waals surface area contributed by atoms with Crippen molar-refractivity contribution in [1.82, 2.24) is 5.32 Å². The molecule has 72 valence electrons. The summed E-state index contributed by atoms with van der Waals surface area (Å²) in [6, 6.07) is 0. The van der Waals surface area contributed by atoms with Gasteiger partial charge < -0.3 is 21.3 Å². The van der Waals surface area contributed by atoms with E-state index in [4.69, 9.17) is 11.5 Å². The highest BCUT2D eigenvalue weighted by atomic mass is 15.4. The molecule has 0 aromatic rings. The fourth-order valence-electron chi connectivity index (χ4n) is 1.98. The van der Waals surface area contributed by atoms with Crippen LogP contribution in [-0.2, 0) is 0 Å². The zero-order valence-electron chi connectivity index (χ0n) is 7.76. The standard InChI is InChI=1S/C8H21N4/c9-1-5-12(6-2-10)7-3-11-4-8-12/h11H,1-10H2/q+1. The van der Waals surface area contributed by atoms with Gasteiger partial charge in [-0.25, -0.2) is 0 Å². The molecule has 0 aromatic heterocycles. The van der Waals surface area contributed by atoms with Crippen LogP contribution in [0.1, 0.15) is 0 Å². The van der Waals surface area contributed by atoms with E-state index in [1.54, 1.807) is 0 Å². The minimum Gasteiger partial charge on any atom is -0.326 e. The quantitative estimate of drug-likeness (QED) is 0.445. The summed E-state index contributed by atoms with van der Waals surface area (Å²) >= 11 is 0. The third-order valence-electron chi connectivity index (χ3n) is 2.73. The van der Waals surface area contributed by atoms with E-state index in [0.717, 1.165) is 43.8 Å². The van der Waals surface area contributed by atoms with Crippen LogP contribution in [0.15, 0.2) is 0 Å². The van der Waals surface area contributed by atoms with Crippen molar-refractivity contribution < 1.29 is 4.48 Å². The van der Waals surface area contributed by atoms with Gasteiger partial charge in [-0.15, -0.1) is 0 Å². The summed E-state index contributed by atoms with van der Waals surface area (Å²) in [7, 11) is 0. The minimum absolute atomic E-state index is 0.778. The second kappa shape index (κ2) is 4.77. The molecule has 0 spiro atoms. The number of hydrogen-bond acceptors (Lipinski definition) is 3. The smallest absolute Gasteiger partial charge is 0.0914 e. The lowest BCUT2D eigenvalue weighted by Crippen LogP contribution is -2.61.